The van der Waals surface area contributed by atoms with Gasteiger partial charge in [-0.2, -0.15) is 5.26 Å². The Morgan fingerprint density at radius 1 is 1.21 bits per heavy atom. The zero-order valence-electron chi connectivity index (χ0n) is 14.1. The van der Waals surface area contributed by atoms with Crippen LogP contribution in [0, 0.1) is 18.3 Å². The van der Waals surface area contributed by atoms with Crippen molar-refractivity contribution in [3.05, 3.63) is 59.2 Å². The van der Waals surface area contributed by atoms with Crippen molar-refractivity contribution in [3.63, 3.8) is 0 Å². The van der Waals surface area contributed by atoms with Gasteiger partial charge in [0.05, 0.1) is 22.3 Å². The van der Waals surface area contributed by atoms with Gasteiger partial charge in [0, 0.05) is 24.7 Å². The molecule has 1 heterocycles. The van der Waals surface area contributed by atoms with Gasteiger partial charge in [0.25, 0.3) is 0 Å². The fourth-order valence-electron chi connectivity index (χ4n) is 3.49. The lowest BCUT2D eigenvalue weighted by atomic mass is 9.86. The molecule has 0 radical (unpaired) electrons. The summed E-state index contributed by atoms with van der Waals surface area (Å²) in [4.78, 5) is 2.41. The highest BCUT2D eigenvalue weighted by Gasteiger charge is 2.41. The molecule has 0 spiro atoms. The highest BCUT2D eigenvalue weighted by atomic mass is 32.2. The Morgan fingerprint density at radius 3 is 2.50 bits per heavy atom. The number of likely N-dealkylation sites (N-methyl/N-ethyl adjacent to an activating group) is 1. The highest BCUT2D eigenvalue weighted by Crippen LogP contribution is 2.42. The maximum absolute atomic E-state index is 12.9. The van der Waals surface area contributed by atoms with Crippen molar-refractivity contribution in [2.24, 2.45) is 0 Å². The normalized spacial score (nSPS) is 19.8. The Hall–Kier alpha value is -2.32. The lowest BCUT2D eigenvalue weighted by Gasteiger charge is -2.25. The molecule has 24 heavy (non-hydrogen) atoms. The van der Waals surface area contributed by atoms with E-state index in [1.54, 1.807) is 18.2 Å². The van der Waals surface area contributed by atoms with E-state index in [0.717, 1.165) is 16.8 Å². The minimum absolute atomic E-state index is 0.0231. The smallest absolute Gasteiger partial charge is 0.179 e. The van der Waals surface area contributed by atoms with Crippen LogP contribution in [0.2, 0.25) is 0 Å². The van der Waals surface area contributed by atoms with Crippen LogP contribution in [0.1, 0.15) is 23.6 Å². The van der Waals surface area contributed by atoms with E-state index >= 15 is 0 Å². The van der Waals surface area contributed by atoms with E-state index in [0.29, 0.717) is 17.0 Å². The fraction of sp³-hybridized carbons (Fsp3) is 0.316. The first-order valence-electron chi connectivity index (χ1n) is 7.80. The highest BCUT2D eigenvalue weighted by molar-refractivity contribution is 7.91. The number of hydrogen-bond donors (Lipinski definition) is 0. The molecule has 0 aromatic heterocycles. The molecule has 5 heteroatoms. The Kier molecular flexibility index (Phi) is 3.89. The van der Waals surface area contributed by atoms with E-state index in [1.807, 2.05) is 45.2 Å². The largest absolute Gasteiger partial charge is 0.373 e. The quantitative estimate of drug-likeness (QED) is 0.861. The van der Waals surface area contributed by atoms with Gasteiger partial charge in [0.2, 0.25) is 0 Å². The average Bonchev–Trinajstić information content (AvgIpc) is 2.77. The number of sulfone groups is 1. The molecule has 2 aromatic carbocycles. The second-order valence-electron chi connectivity index (χ2n) is 6.83. The van der Waals surface area contributed by atoms with Crippen LogP contribution >= 0.6 is 0 Å². The van der Waals surface area contributed by atoms with Crippen LogP contribution in [0.3, 0.4) is 0 Å². The molecule has 4 nitrogen and oxygen atoms in total. The van der Waals surface area contributed by atoms with E-state index in [2.05, 4.69) is 11.0 Å². The average molecular weight is 340 g/mol. The summed E-state index contributed by atoms with van der Waals surface area (Å²) in [6.07, 6.45) is 0. The maximum Gasteiger partial charge on any atom is 0.179 e. The van der Waals surface area contributed by atoms with Gasteiger partial charge < -0.3 is 4.90 Å². The van der Waals surface area contributed by atoms with Gasteiger partial charge in [0.1, 0.15) is 0 Å². The predicted molar refractivity (Wildman–Crippen MR) is 95.0 cm³/mol. The molecular formula is C19H20N2O2S. The zero-order chi connectivity index (χ0) is 17.5. The van der Waals surface area contributed by atoms with Crippen LogP contribution in [-0.2, 0) is 15.3 Å². The molecule has 0 bridgehead atoms. The summed E-state index contributed by atoms with van der Waals surface area (Å²) < 4.78 is 25.8. The van der Waals surface area contributed by atoms with Gasteiger partial charge in [0.15, 0.2) is 9.84 Å². The van der Waals surface area contributed by atoms with E-state index in [-0.39, 0.29) is 5.75 Å². The molecule has 0 fully saturated rings. The molecule has 0 saturated carbocycles. The minimum Gasteiger partial charge on any atom is -0.373 e. The molecule has 1 atom stereocenters. The summed E-state index contributed by atoms with van der Waals surface area (Å²) in [6, 6.07) is 14.6. The van der Waals surface area contributed by atoms with Crippen molar-refractivity contribution < 1.29 is 8.42 Å². The standard InChI is InChI=1S/C19H20N2O2S/c1-14-4-7-16(8-5-14)24(22,23)13-19(2)12-21(3)18-9-6-15(11-20)10-17(18)19/h4-10H,12-13H2,1-3H3. The first-order valence-corrected chi connectivity index (χ1v) is 9.46. The molecule has 0 N–H and O–H groups in total. The second-order valence-corrected chi connectivity index (χ2v) is 8.82. The molecule has 3 rings (SSSR count). The number of fused-ring (bicyclic) bond motifs is 1. The third kappa shape index (κ3) is 2.78. The van der Waals surface area contributed by atoms with Crippen molar-refractivity contribution >= 4 is 15.5 Å². The molecule has 1 aliphatic rings. The van der Waals surface area contributed by atoms with E-state index in [4.69, 9.17) is 5.26 Å². The Labute approximate surface area is 143 Å². The van der Waals surface area contributed by atoms with E-state index in [1.165, 1.54) is 0 Å². The lowest BCUT2D eigenvalue weighted by Crippen LogP contribution is -2.36. The number of anilines is 1. The number of nitriles is 1. The first kappa shape index (κ1) is 16.5. The monoisotopic (exact) mass is 340 g/mol. The van der Waals surface area contributed by atoms with Crippen molar-refractivity contribution in [1.82, 2.24) is 0 Å². The first-order chi connectivity index (χ1) is 11.2. The summed E-state index contributed by atoms with van der Waals surface area (Å²) in [5.74, 6) is 0.0231. The lowest BCUT2D eigenvalue weighted by molar-refractivity contribution is 0.534. The minimum atomic E-state index is -3.41. The van der Waals surface area contributed by atoms with Crippen LogP contribution in [-0.4, -0.2) is 27.8 Å². The van der Waals surface area contributed by atoms with Crippen molar-refractivity contribution in [1.29, 1.82) is 5.26 Å². The van der Waals surface area contributed by atoms with Gasteiger partial charge >= 0.3 is 0 Å². The second kappa shape index (κ2) is 5.64. The fourth-order valence-corrected chi connectivity index (χ4v) is 5.29. The van der Waals surface area contributed by atoms with Gasteiger partial charge in [-0.3, -0.25) is 0 Å². The van der Waals surface area contributed by atoms with Crippen LogP contribution in [0.15, 0.2) is 47.4 Å². The van der Waals surface area contributed by atoms with E-state index in [9.17, 15) is 8.42 Å². The van der Waals surface area contributed by atoms with Crippen molar-refractivity contribution in [2.75, 3.05) is 24.2 Å². The Bertz CT molecular complexity index is 927. The van der Waals surface area contributed by atoms with Gasteiger partial charge in [-0.05, 0) is 42.8 Å². The molecule has 124 valence electrons. The summed E-state index contributed by atoms with van der Waals surface area (Å²) in [7, 11) is -1.46. The van der Waals surface area contributed by atoms with Crippen molar-refractivity contribution in [3.8, 4) is 6.07 Å². The third-order valence-corrected chi connectivity index (χ3v) is 6.67. The van der Waals surface area contributed by atoms with Crippen LogP contribution in [0.5, 0.6) is 0 Å². The Morgan fingerprint density at radius 2 is 1.88 bits per heavy atom. The predicted octanol–water partition coefficient (Wildman–Crippen LogP) is 3.05. The summed E-state index contributed by atoms with van der Waals surface area (Å²) >= 11 is 0. The number of aryl methyl sites for hydroxylation is 1. The van der Waals surface area contributed by atoms with Gasteiger partial charge in [-0.1, -0.05) is 24.6 Å². The molecular weight excluding hydrogens is 320 g/mol. The Balaban J connectivity index is 2.02. The van der Waals surface area contributed by atoms with E-state index < -0.39 is 15.3 Å². The van der Waals surface area contributed by atoms with Crippen molar-refractivity contribution in [2.45, 2.75) is 24.2 Å². The van der Waals surface area contributed by atoms with Crippen LogP contribution in [0.25, 0.3) is 0 Å². The topological polar surface area (TPSA) is 61.2 Å². The molecule has 2 aromatic rings. The number of nitrogens with zero attached hydrogens (tertiary/aromatic N) is 2. The number of benzene rings is 2. The molecule has 0 saturated heterocycles. The van der Waals surface area contributed by atoms with Gasteiger partial charge in [-0.15, -0.1) is 0 Å². The number of hydrogen-bond acceptors (Lipinski definition) is 4. The summed E-state index contributed by atoms with van der Waals surface area (Å²) in [5, 5.41) is 9.16. The summed E-state index contributed by atoms with van der Waals surface area (Å²) in [5.41, 5.74) is 2.98. The van der Waals surface area contributed by atoms with Gasteiger partial charge in [-0.25, -0.2) is 8.42 Å². The molecule has 1 aliphatic heterocycles. The van der Waals surface area contributed by atoms with Crippen LogP contribution in [0.4, 0.5) is 5.69 Å². The molecule has 0 aliphatic carbocycles. The molecule has 1 unspecified atom stereocenters. The molecule has 0 amide bonds. The maximum atomic E-state index is 12.9. The van der Waals surface area contributed by atoms with Crippen LogP contribution < -0.4 is 4.90 Å². The summed E-state index contributed by atoms with van der Waals surface area (Å²) in [6.45, 7) is 4.51. The number of rotatable bonds is 3. The third-order valence-electron chi connectivity index (χ3n) is 4.66. The SMILES string of the molecule is Cc1ccc(S(=O)(=O)CC2(C)CN(C)c3ccc(C#N)cc32)cc1. The zero-order valence-corrected chi connectivity index (χ0v) is 14.9.